The van der Waals surface area contributed by atoms with E-state index in [1.54, 1.807) is 6.07 Å². The van der Waals surface area contributed by atoms with Gasteiger partial charge in [-0.2, -0.15) is 0 Å². The molecule has 2 aromatic rings. The zero-order chi connectivity index (χ0) is 30.7. The van der Waals surface area contributed by atoms with Crippen molar-refractivity contribution in [1.82, 2.24) is 10.2 Å². The smallest absolute Gasteiger partial charge is 0.338 e. The maximum atomic E-state index is 12.9. The minimum atomic E-state index is -0.382. The van der Waals surface area contributed by atoms with Crippen molar-refractivity contribution in [2.75, 3.05) is 39.1 Å². The van der Waals surface area contributed by atoms with Crippen LogP contribution in [0.4, 0.5) is 5.69 Å². The summed E-state index contributed by atoms with van der Waals surface area (Å²) in [4.78, 5) is 27.4. The van der Waals surface area contributed by atoms with Gasteiger partial charge in [0.15, 0.2) is 0 Å². The number of halogens is 1. The average Bonchev–Trinajstić information content (AvgIpc) is 2.97. The summed E-state index contributed by atoms with van der Waals surface area (Å²) >= 11 is 3.52. The lowest BCUT2D eigenvalue weighted by Gasteiger charge is -2.38. The number of nitrogens with one attached hydrogen (secondary N) is 1. The van der Waals surface area contributed by atoms with E-state index in [9.17, 15) is 9.59 Å². The van der Waals surface area contributed by atoms with Gasteiger partial charge in [0.1, 0.15) is 13.2 Å². The van der Waals surface area contributed by atoms with Gasteiger partial charge in [0.05, 0.1) is 17.2 Å². The van der Waals surface area contributed by atoms with E-state index in [1.807, 2.05) is 37.1 Å². The Labute approximate surface area is 261 Å². The zero-order valence-electron chi connectivity index (χ0n) is 26.1. The fraction of sp³-hybridized carbons (Fsp3) is 0.588. The van der Waals surface area contributed by atoms with Gasteiger partial charge in [-0.15, -0.1) is 0 Å². The van der Waals surface area contributed by atoms with Gasteiger partial charge in [-0.3, -0.25) is 9.69 Å². The van der Waals surface area contributed by atoms with E-state index in [2.05, 4.69) is 54.2 Å². The molecule has 1 atom stereocenters. The summed E-state index contributed by atoms with van der Waals surface area (Å²) in [6, 6.07) is 11.8. The standard InChI is InChI=1S/C34H50BrN3O4/c1-6-34(14-8-7-9-15-34)37-23-29-21-28(22-30(35)31(29)36)33(40)42-19-17-38(5)16-18-41-32(39)25(4)27-12-10-26(11-13-27)20-24(2)3/h10-13,21-22,24-25,37H,6-9,14-20,23,36H2,1-5H3. The molecule has 0 bridgehead atoms. The molecule has 1 aliphatic carbocycles. The van der Waals surface area contributed by atoms with Crippen LogP contribution in [0.2, 0.25) is 0 Å². The number of esters is 2. The van der Waals surface area contributed by atoms with Crippen molar-refractivity contribution < 1.29 is 19.1 Å². The van der Waals surface area contributed by atoms with E-state index in [4.69, 9.17) is 15.2 Å². The summed E-state index contributed by atoms with van der Waals surface area (Å²) in [6.45, 7) is 10.7. The van der Waals surface area contributed by atoms with Crippen LogP contribution < -0.4 is 11.1 Å². The maximum absolute atomic E-state index is 12.9. The fourth-order valence-corrected chi connectivity index (χ4v) is 6.07. The minimum Gasteiger partial charge on any atom is -0.464 e. The van der Waals surface area contributed by atoms with E-state index >= 15 is 0 Å². The number of carbonyl (C=O) groups is 2. The van der Waals surface area contributed by atoms with Crippen molar-refractivity contribution in [3.8, 4) is 0 Å². The molecule has 0 saturated heterocycles. The summed E-state index contributed by atoms with van der Waals surface area (Å²) < 4.78 is 11.8. The van der Waals surface area contributed by atoms with Gasteiger partial charge in [-0.1, -0.05) is 64.3 Å². The molecule has 42 heavy (non-hydrogen) atoms. The third-order valence-corrected chi connectivity index (χ3v) is 9.15. The fourth-order valence-electron chi connectivity index (χ4n) is 5.57. The molecular weight excluding hydrogens is 594 g/mol. The van der Waals surface area contributed by atoms with Crippen molar-refractivity contribution >= 4 is 33.6 Å². The number of nitrogens with two attached hydrogens (primary N) is 1. The molecule has 2 aromatic carbocycles. The van der Waals surface area contributed by atoms with Crippen LogP contribution in [0.25, 0.3) is 0 Å². The first kappa shape index (κ1) is 34.1. The Morgan fingerprint density at radius 3 is 2.29 bits per heavy atom. The summed E-state index contributed by atoms with van der Waals surface area (Å²) in [6.07, 6.45) is 8.23. The van der Waals surface area contributed by atoms with Crippen LogP contribution in [0, 0.1) is 5.92 Å². The van der Waals surface area contributed by atoms with Gasteiger partial charge in [0, 0.05) is 29.6 Å². The van der Waals surface area contributed by atoms with Crippen LogP contribution in [0.3, 0.4) is 0 Å². The van der Waals surface area contributed by atoms with E-state index in [1.165, 1.54) is 37.7 Å². The molecule has 232 valence electrons. The van der Waals surface area contributed by atoms with E-state index < -0.39 is 0 Å². The van der Waals surface area contributed by atoms with E-state index in [0.717, 1.165) is 24.0 Å². The second-order valence-corrected chi connectivity index (χ2v) is 13.1. The molecule has 0 aliphatic heterocycles. The Morgan fingerprint density at radius 2 is 1.67 bits per heavy atom. The van der Waals surface area contributed by atoms with Crippen molar-refractivity contribution in [3.63, 3.8) is 0 Å². The number of likely N-dealkylation sites (N-methyl/N-ethyl adjacent to an activating group) is 1. The first-order valence-electron chi connectivity index (χ1n) is 15.5. The third-order valence-electron chi connectivity index (χ3n) is 8.49. The van der Waals surface area contributed by atoms with Crippen molar-refractivity contribution in [3.05, 3.63) is 63.1 Å². The van der Waals surface area contributed by atoms with Gasteiger partial charge < -0.3 is 20.5 Å². The SMILES string of the molecule is CCC1(NCc2cc(C(=O)OCCN(C)CCOC(=O)C(C)c3ccc(CC(C)C)cc3)cc(Br)c2N)CCCCC1. The molecule has 1 saturated carbocycles. The number of rotatable bonds is 15. The summed E-state index contributed by atoms with van der Waals surface area (Å²) in [5.74, 6) is -0.343. The lowest BCUT2D eigenvalue weighted by atomic mass is 9.79. The molecule has 0 radical (unpaired) electrons. The molecule has 0 amide bonds. The van der Waals surface area contributed by atoms with Crippen LogP contribution in [0.1, 0.15) is 99.2 Å². The second kappa shape index (κ2) is 16.4. The van der Waals surface area contributed by atoms with Crippen LogP contribution in [0.5, 0.6) is 0 Å². The van der Waals surface area contributed by atoms with Crippen LogP contribution >= 0.6 is 15.9 Å². The molecule has 1 unspecified atom stereocenters. The molecule has 1 fully saturated rings. The summed E-state index contributed by atoms with van der Waals surface area (Å²) in [7, 11) is 1.91. The molecule has 0 heterocycles. The molecule has 3 N–H and O–H groups in total. The number of ether oxygens (including phenoxy) is 2. The quantitative estimate of drug-likeness (QED) is 0.162. The highest BCUT2D eigenvalue weighted by molar-refractivity contribution is 9.10. The topological polar surface area (TPSA) is 93.9 Å². The number of hydrogen-bond acceptors (Lipinski definition) is 7. The Bertz CT molecular complexity index is 1160. The first-order valence-corrected chi connectivity index (χ1v) is 16.3. The lowest BCUT2D eigenvalue weighted by Crippen LogP contribution is -2.45. The van der Waals surface area contributed by atoms with Crippen molar-refractivity contribution in [1.29, 1.82) is 0 Å². The molecule has 8 heteroatoms. The van der Waals surface area contributed by atoms with Gasteiger partial charge >= 0.3 is 11.9 Å². The normalized spacial score (nSPS) is 15.5. The predicted molar refractivity (Wildman–Crippen MR) is 174 cm³/mol. The van der Waals surface area contributed by atoms with Crippen LogP contribution in [0.15, 0.2) is 40.9 Å². The van der Waals surface area contributed by atoms with Crippen LogP contribution in [-0.2, 0) is 27.2 Å². The minimum absolute atomic E-state index is 0.142. The lowest BCUT2D eigenvalue weighted by molar-refractivity contribution is -0.145. The van der Waals surface area contributed by atoms with E-state index in [-0.39, 0.29) is 36.6 Å². The second-order valence-electron chi connectivity index (χ2n) is 12.2. The molecule has 0 aromatic heterocycles. The largest absolute Gasteiger partial charge is 0.464 e. The Balaban J connectivity index is 1.41. The van der Waals surface area contributed by atoms with E-state index in [0.29, 0.717) is 41.3 Å². The Hall–Kier alpha value is -2.42. The highest BCUT2D eigenvalue weighted by atomic mass is 79.9. The van der Waals surface area contributed by atoms with Gasteiger partial charge in [-0.25, -0.2) is 4.79 Å². The van der Waals surface area contributed by atoms with Gasteiger partial charge in [-0.05, 0) is 90.3 Å². The van der Waals surface area contributed by atoms with Crippen molar-refractivity contribution in [2.24, 2.45) is 5.92 Å². The Kier molecular flexibility index (Phi) is 13.3. The molecule has 1 aliphatic rings. The highest BCUT2D eigenvalue weighted by Gasteiger charge is 2.29. The highest BCUT2D eigenvalue weighted by Crippen LogP contribution is 2.32. The Morgan fingerprint density at radius 1 is 1.02 bits per heavy atom. The third kappa shape index (κ3) is 10.1. The maximum Gasteiger partial charge on any atom is 0.338 e. The monoisotopic (exact) mass is 643 g/mol. The van der Waals surface area contributed by atoms with Gasteiger partial charge in [0.25, 0.3) is 0 Å². The summed E-state index contributed by atoms with van der Waals surface area (Å²) in [5.41, 5.74) is 10.7. The number of benzene rings is 2. The molecule has 0 spiro atoms. The zero-order valence-corrected chi connectivity index (χ0v) is 27.7. The number of carbonyl (C=O) groups excluding carboxylic acids is 2. The predicted octanol–water partition coefficient (Wildman–Crippen LogP) is 6.87. The molecular formula is C34H50BrN3O4. The number of nitrogens with zero attached hydrogens (tertiary/aromatic N) is 1. The average molecular weight is 645 g/mol. The molecule has 7 nitrogen and oxygen atoms in total. The van der Waals surface area contributed by atoms with Crippen molar-refractivity contribution in [2.45, 2.75) is 90.6 Å². The van der Waals surface area contributed by atoms with Crippen LogP contribution in [-0.4, -0.2) is 55.7 Å². The van der Waals surface area contributed by atoms with Gasteiger partial charge in [0.2, 0.25) is 0 Å². The summed E-state index contributed by atoms with van der Waals surface area (Å²) in [5, 5.41) is 3.75. The number of hydrogen-bond donors (Lipinski definition) is 2. The first-order chi connectivity index (χ1) is 20.0. The molecule has 3 rings (SSSR count). The number of anilines is 1. The number of nitrogen functional groups attached to an aromatic ring is 1.